The minimum absolute atomic E-state index is 0.0483. The first-order valence-corrected chi connectivity index (χ1v) is 9.94. The van der Waals surface area contributed by atoms with Crippen molar-refractivity contribution >= 4 is 29.3 Å². The predicted molar refractivity (Wildman–Crippen MR) is 115 cm³/mol. The maximum absolute atomic E-state index is 12.3. The Morgan fingerprint density at radius 2 is 1.74 bits per heavy atom. The SMILES string of the molecule is Cc1ccc(Sc2ccc(C=CC(=O)c3ccc(OC(F)F)cc3)cc2[N+](=O)[O-])cc1. The van der Waals surface area contributed by atoms with E-state index in [9.17, 15) is 23.7 Å². The van der Waals surface area contributed by atoms with Crippen LogP contribution in [-0.4, -0.2) is 17.3 Å². The number of nitro groups is 1. The molecule has 3 rings (SSSR count). The standard InChI is InChI=1S/C23H17F2NO4S/c1-15-2-10-19(11-3-15)31-22-13-5-16(14-20(22)26(28)29)4-12-21(27)17-6-8-18(9-7-17)30-23(24)25/h2-14,23H,1H3. The number of benzene rings is 3. The molecule has 0 aliphatic heterocycles. The second-order valence-corrected chi connectivity index (χ2v) is 7.62. The largest absolute Gasteiger partial charge is 0.435 e. The van der Waals surface area contributed by atoms with Gasteiger partial charge in [0, 0.05) is 16.5 Å². The van der Waals surface area contributed by atoms with E-state index in [1.54, 1.807) is 12.1 Å². The fourth-order valence-electron chi connectivity index (χ4n) is 2.67. The number of carbonyl (C=O) groups is 1. The van der Waals surface area contributed by atoms with Gasteiger partial charge in [-0.2, -0.15) is 8.78 Å². The van der Waals surface area contributed by atoms with Crippen molar-refractivity contribution in [1.82, 2.24) is 0 Å². The smallest absolute Gasteiger partial charge is 0.387 e. The number of rotatable bonds is 8. The second kappa shape index (κ2) is 9.99. The van der Waals surface area contributed by atoms with E-state index in [1.807, 2.05) is 31.2 Å². The van der Waals surface area contributed by atoms with Gasteiger partial charge < -0.3 is 4.74 Å². The first-order valence-electron chi connectivity index (χ1n) is 9.12. The highest BCUT2D eigenvalue weighted by Gasteiger charge is 2.15. The number of nitrogens with zero attached hydrogens (tertiary/aromatic N) is 1. The zero-order chi connectivity index (χ0) is 22.4. The third-order valence-electron chi connectivity index (χ3n) is 4.22. The van der Waals surface area contributed by atoms with Gasteiger partial charge in [0.05, 0.1) is 9.82 Å². The first-order chi connectivity index (χ1) is 14.8. The van der Waals surface area contributed by atoms with Crippen LogP contribution in [0.2, 0.25) is 0 Å². The van der Waals surface area contributed by atoms with Crippen LogP contribution < -0.4 is 4.74 Å². The minimum Gasteiger partial charge on any atom is -0.435 e. The Morgan fingerprint density at radius 1 is 1.06 bits per heavy atom. The molecule has 0 aliphatic carbocycles. The van der Waals surface area contributed by atoms with Gasteiger partial charge in [-0.05, 0) is 61.0 Å². The molecule has 0 saturated heterocycles. The zero-order valence-corrected chi connectivity index (χ0v) is 17.1. The molecule has 158 valence electrons. The van der Waals surface area contributed by atoms with Crippen LogP contribution in [0.5, 0.6) is 5.75 Å². The number of ketones is 1. The molecule has 0 amide bonds. The van der Waals surface area contributed by atoms with Crippen molar-refractivity contribution < 1.29 is 23.2 Å². The van der Waals surface area contributed by atoms with Crippen molar-refractivity contribution in [1.29, 1.82) is 0 Å². The van der Waals surface area contributed by atoms with Crippen LogP contribution in [0.1, 0.15) is 21.5 Å². The summed E-state index contributed by atoms with van der Waals surface area (Å²) in [6, 6.07) is 17.7. The van der Waals surface area contributed by atoms with E-state index in [0.29, 0.717) is 10.5 Å². The zero-order valence-electron chi connectivity index (χ0n) is 16.3. The Kier molecular flexibility index (Phi) is 7.15. The molecule has 0 heterocycles. The van der Waals surface area contributed by atoms with E-state index in [-0.39, 0.29) is 22.8 Å². The van der Waals surface area contributed by atoms with Crippen molar-refractivity contribution in [3.8, 4) is 5.75 Å². The van der Waals surface area contributed by atoms with Crippen molar-refractivity contribution in [3.63, 3.8) is 0 Å². The van der Waals surface area contributed by atoms with Crippen LogP contribution in [0.25, 0.3) is 6.08 Å². The quantitative estimate of drug-likeness (QED) is 0.172. The van der Waals surface area contributed by atoms with Crippen molar-refractivity contribution in [2.24, 2.45) is 0 Å². The van der Waals surface area contributed by atoms with Crippen molar-refractivity contribution in [3.05, 3.63) is 99.6 Å². The van der Waals surface area contributed by atoms with Gasteiger partial charge in [-0.3, -0.25) is 14.9 Å². The first kappa shape index (κ1) is 22.2. The Bertz CT molecular complexity index is 1110. The number of hydrogen-bond acceptors (Lipinski definition) is 5. The number of carbonyl (C=O) groups excluding carboxylic acids is 1. The lowest BCUT2D eigenvalue weighted by Gasteiger charge is -2.05. The third-order valence-corrected chi connectivity index (χ3v) is 5.29. The second-order valence-electron chi connectivity index (χ2n) is 6.50. The molecule has 31 heavy (non-hydrogen) atoms. The highest BCUT2D eigenvalue weighted by atomic mass is 32.2. The van der Waals surface area contributed by atoms with Crippen molar-refractivity contribution in [2.75, 3.05) is 0 Å². The number of nitro benzene ring substituents is 1. The number of allylic oxidation sites excluding steroid dienone is 1. The topological polar surface area (TPSA) is 69.4 Å². The summed E-state index contributed by atoms with van der Waals surface area (Å²) < 4.78 is 28.6. The maximum atomic E-state index is 12.3. The number of aryl methyl sites for hydroxylation is 1. The van der Waals surface area contributed by atoms with Gasteiger partial charge in [0.1, 0.15) is 5.75 Å². The van der Waals surface area contributed by atoms with E-state index >= 15 is 0 Å². The Labute approximate surface area is 181 Å². The summed E-state index contributed by atoms with van der Waals surface area (Å²) in [6.07, 6.45) is 2.74. The molecule has 0 fully saturated rings. The molecular weight excluding hydrogens is 424 g/mol. The van der Waals surface area contributed by atoms with Gasteiger partial charge in [-0.25, -0.2) is 0 Å². The molecule has 0 aliphatic rings. The lowest BCUT2D eigenvalue weighted by molar-refractivity contribution is -0.387. The van der Waals surface area contributed by atoms with Gasteiger partial charge in [0.25, 0.3) is 5.69 Å². The number of hydrogen-bond donors (Lipinski definition) is 0. The van der Waals surface area contributed by atoms with E-state index < -0.39 is 11.5 Å². The molecule has 3 aromatic carbocycles. The van der Waals surface area contributed by atoms with E-state index in [1.165, 1.54) is 54.2 Å². The number of alkyl halides is 2. The number of ether oxygens (including phenoxy) is 1. The lowest BCUT2D eigenvalue weighted by atomic mass is 10.1. The van der Waals surface area contributed by atoms with Gasteiger partial charge >= 0.3 is 6.61 Å². The average molecular weight is 441 g/mol. The molecule has 0 saturated carbocycles. The van der Waals surface area contributed by atoms with Gasteiger partial charge in [0.2, 0.25) is 0 Å². The Morgan fingerprint density at radius 3 is 2.35 bits per heavy atom. The van der Waals surface area contributed by atoms with Crippen LogP contribution in [0, 0.1) is 17.0 Å². The molecule has 8 heteroatoms. The Hall–Kier alpha value is -3.52. The Balaban J connectivity index is 1.75. The molecule has 3 aromatic rings. The molecule has 0 radical (unpaired) electrons. The average Bonchev–Trinajstić information content (AvgIpc) is 2.74. The molecule has 5 nitrogen and oxygen atoms in total. The summed E-state index contributed by atoms with van der Waals surface area (Å²) in [7, 11) is 0. The normalized spacial score (nSPS) is 11.1. The van der Waals surface area contributed by atoms with Crippen LogP contribution in [0.15, 0.2) is 82.6 Å². The molecule has 0 unspecified atom stereocenters. The summed E-state index contributed by atoms with van der Waals surface area (Å²) in [5.74, 6) is -0.419. The lowest BCUT2D eigenvalue weighted by Crippen LogP contribution is -2.02. The third kappa shape index (κ3) is 6.23. The van der Waals surface area contributed by atoms with Crippen LogP contribution >= 0.6 is 11.8 Å². The summed E-state index contributed by atoms with van der Waals surface area (Å²) in [5, 5.41) is 11.5. The summed E-state index contributed by atoms with van der Waals surface area (Å²) in [6.45, 7) is -0.977. The molecule has 0 spiro atoms. The fourth-order valence-corrected chi connectivity index (χ4v) is 3.57. The summed E-state index contributed by atoms with van der Waals surface area (Å²) in [5.41, 5.74) is 1.80. The van der Waals surface area contributed by atoms with E-state index in [0.717, 1.165) is 10.5 Å². The minimum atomic E-state index is -2.94. The molecule has 0 aromatic heterocycles. The van der Waals surface area contributed by atoms with Gasteiger partial charge in [0.15, 0.2) is 5.78 Å². The molecule has 0 bridgehead atoms. The van der Waals surface area contributed by atoms with Gasteiger partial charge in [-0.15, -0.1) is 0 Å². The monoisotopic (exact) mass is 441 g/mol. The number of halogens is 2. The molecular formula is C23H17F2NO4S. The van der Waals surface area contributed by atoms with Crippen LogP contribution in [0.4, 0.5) is 14.5 Å². The van der Waals surface area contributed by atoms with E-state index in [4.69, 9.17) is 0 Å². The predicted octanol–water partition coefficient (Wildman–Crippen LogP) is 6.55. The maximum Gasteiger partial charge on any atom is 0.387 e. The van der Waals surface area contributed by atoms with Crippen LogP contribution in [0.3, 0.4) is 0 Å². The highest BCUT2D eigenvalue weighted by Crippen LogP contribution is 2.35. The summed E-state index contributed by atoms with van der Waals surface area (Å²) in [4.78, 5) is 24.7. The summed E-state index contributed by atoms with van der Waals surface area (Å²) >= 11 is 1.29. The van der Waals surface area contributed by atoms with E-state index in [2.05, 4.69) is 4.74 Å². The molecule has 0 N–H and O–H groups in total. The highest BCUT2D eigenvalue weighted by molar-refractivity contribution is 7.99. The van der Waals surface area contributed by atoms with Gasteiger partial charge in [-0.1, -0.05) is 41.6 Å². The van der Waals surface area contributed by atoms with Crippen LogP contribution in [-0.2, 0) is 0 Å². The van der Waals surface area contributed by atoms with Crippen molar-refractivity contribution in [2.45, 2.75) is 23.3 Å². The fraction of sp³-hybridized carbons (Fsp3) is 0.0870. The molecule has 0 atom stereocenters.